The fourth-order valence-corrected chi connectivity index (χ4v) is 12.7. The van der Waals surface area contributed by atoms with Crippen molar-refractivity contribution < 1.29 is 39.1 Å². The number of rotatable bonds is 9. The predicted molar refractivity (Wildman–Crippen MR) is 153 cm³/mol. The Morgan fingerprint density at radius 3 is 2.12 bits per heavy atom. The van der Waals surface area contributed by atoms with Crippen LogP contribution in [0, 0.1) is 50.7 Å². The van der Waals surface area contributed by atoms with Crippen molar-refractivity contribution in [2.75, 3.05) is 6.61 Å². The van der Waals surface area contributed by atoms with Gasteiger partial charge in [0.2, 0.25) is 0 Å². The van der Waals surface area contributed by atoms with E-state index < -0.39 is 38.9 Å². The molecule has 5 aliphatic carbocycles. The molecule has 0 aromatic heterocycles. The predicted octanol–water partition coefficient (Wildman–Crippen LogP) is 5.97. The average molecular weight is 617 g/mol. The van der Waals surface area contributed by atoms with E-state index in [0.29, 0.717) is 30.6 Å². The first-order valence-electron chi connectivity index (χ1n) is 15.2. The molecule has 5 rings (SSSR count). The number of fused-ring (bicyclic) bond motifs is 2. The SMILES string of the molecule is CC(C)=CC(=O)C[C@@H](C)[C@H]1CC[C@@]2(C)[C@@H]3CC[C@@H]4[C@@]5(CCC(OS(=O)(=O)O)[C@@]4(C)COS(=O)(=O)O)C[C@@]35CC[C@]12C. The number of ketones is 1. The van der Waals surface area contributed by atoms with E-state index in [0.717, 1.165) is 56.9 Å². The van der Waals surface area contributed by atoms with Crippen LogP contribution in [0.15, 0.2) is 11.6 Å². The second kappa shape index (κ2) is 9.83. The van der Waals surface area contributed by atoms with Crippen molar-refractivity contribution in [3.63, 3.8) is 0 Å². The lowest BCUT2D eigenvalue weighted by atomic mass is 9.41. The van der Waals surface area contributed by atoms with Crippen molar-refractivity contribution in [3.05, 3.63) is 11.6 Å². The minimum atomic E-state index is -4.77. The summed E-state index contributed by atoms with van der Waals surface area (Å²) in [4.78, 5) is 12.7. The molecular weight excluding hydrogens is 568 g/mol. The lowest BCUT2D eigenvalue weighted by molar-refractivity contribution is -0.168. The van der Waals surface area contributed by atoms with Crippen molar-refractivity contribution in [2.24, 2.45) is 50.7 Å². The van der Waals surface area contributed by atoms with Crippen LogP contribution >= 0.6 is 0 Å². The van der Waals surface area contributed by atoms with Gasteiger partial charge < -0.3 is 0 Å². The topological polar surface area (TPSA) is 144 Å². The number of allylic oxidation sites excluding steroid dienone is 2. The molecule has 11 heteroatoms. The molecule has 0 amide bonds. The maximum atomic E-state index is 12.7. The highest BCUT2D eigenvalue weighted by Gasteiger charge is 2.82. The van der Waals surface area contributed by atoms with Gasteiger partial charge in [-0.05, 0) is 123 Å². The first-order chi connectivity index (χ1) is 18.7. The minimum absolute atomic E-state index is 0.0701. The summed E-state index contributed by atoms with van der Waals surface area (Å²) in [7, 11) is -9.52. The van der Waals surface area contributed by atoms with Gasteiger partial charge >= 0.3 is 20.8 Å². The van der Waals surface area contributed by atoms with E-state index in [4.69, 9.17) is 8.37 Å². The Bertz CT molecular complexity index is 1340. The molecule has 10 atom stereocenters. The van der Waals surface area contributed by atoms with Crippen LogP contribution in [0.2, 0.25) is 0 Å². The van der Waals surface area contributed by atoms with E-state index in [-0.39, 0.29) is 33.4 Å². The van der Waals surface area contributed by atoms with Crippen molar-refractivity contribution in [1.82, 2.24) is 0 Å². The molecule has 0 radical (unpaired) electrons. The Kier molecular flexibility index (Phi) is 7.57. The number of hydrogen-bond donors (Lipinski definition) is 2. The van der Waals surface area contributed by atoms with Gasteiger partial charge in [-0.2, -0.15) is 16.8 Å². The number of carbonyl (C=O) groups excluding carboxylic acids is 1. The molecule has 0 aromatic rings. The fraction of sp³-hybridized carbons (Fsp3) is 0.900. The van der Waals surface area contributed by atoms with Crippen molar-refractivity contribution in [2.45, 2.75) is 112 Å². The van der Waals surface area contributed by atoms with E-state index in [1.54, 1.807) is 13.0 Å². The van der Waals surface area contributed by atoms with Gasteiger partial charge in [0.25, 0.3) is 0 Å². The van der Waals surface area contributed by atoms with Crippen LogP contribution in [0.25, 0.3) is 0 Å². The summed E-state index contributed by atoms with van der Waals surface area (Å²) in [6, 6.07) is 0. The van der Waals surface area contributed by atoms with Gasteiger partial charge in [0.15, 0.2) is 5.78 Å². The molecule has 2 spiro atoms. The van der Waals surface area contributed by atoms with Crippen LogP contribution in [0.4, 0.5) is 0 Å². The lowest BCUT2D eigenvalue weighted by Gasteiger charge is -2.63. The Morgan fingerprint density at radius 1 is 0.878 bits per heavy atom. The van der Waals surface area contributed by atoms with Crippen LogP contribution in [-0.4, -0.2) is 44.4 Å². The molecule has 5 aliphatic rings. The van der Waals surface area contributed by atoms with E-state index in [2.05, 4.69) is 20.8 Å². The molecule has 5 fully saturated rings. The largest absolute Gasteiger partial charge is 0.397 e. The summed E-state index contributed by atoms with van der Waals surface area (Å²) in [6.45, 7) is 12.5. The van der Waals surface area contributed by atoms with E-state index in [1.807, 2.05) is 13.8 Å². The normalized spacial score (nSPS) is 46.0. The Labute approximate surface area is 246 Å². The third-order valence-electron chi connectivity index (χ3n) is 13.3. The third kappa shape index (κ3) is 4.89. The van der Waals surface area contributed by atoms with Crippen LogP contribution in [0.5, 0.6) is 0 Å². The molecule has 1 unspecified atom stereocenters. The third-order valence-corrected chi connectivity index (χ3v) is 14.2. The summed E-state index contributed by atoms with van der Waals surface area (Å²) in [5, 5.41) is 0. The zero-order valence-electron chi connectivity index (χ0n) is 25.3. The number of carbonyl (C=O) groups is 1. The maximum absolute atomic E-state index is 12.7. The van der Waals surface area contributed by atoms with Gasteiger partial charge in [-0.15, -0.1) is 0 Å². The molecule has 0 aromatic carbocycles. The first-order valence-corrected chi connectivity index (χ1v) is 17.9. The molecule has 41 heavy (non-hydrogen) atoms. The smallest absolute Gasteiger partial charge is 0.295 e. The summed E-state index contributed by atoms with van der Waals surface area (Å²) in [5.74, 6) is 1.40. The molecule has 0 aliphatic heterocycles. The molecule has 0 saturated heterocycles. The van der Waals surface area contributed by atoms with Gasteiger partial charge in [0, 0.05) is 11.8 Å². The Balaban J connectivity index is 1.44. The summed E-state index contributed by atoms with van der Waals surface area (Å²) >= 11 is 0. The molecule has 0 heterocycles. The quantitative estimate of drug-likeness (QED) is 0.236. The molecule has 0 bridgehead atoms. The monoisotopic (exact) mass is 616 g/mol. The van der Waals surface area contributed by atoms with Gasteiger partial charge in [0.1, 0.15) is 0 Å². The summed E-state index contributed by atoms with van der Waals surface area (Å²) in [6.07, 6.45) is 9.59. The van der Waals surface area contributed by atoms with E-state index in [9.17, 15) is 30.7 Å². The highest BCUT2D eigenvalue weighted by atomic mass is 32.3. The molecule has 234 valence electrons. The summed E-state index contributed by atoms with van der Waals surface area (Å²) in [5.41, 5.74) is 0.236. The van der Waals surface area contributed by atoms with Gasteiger partial charge in [0.05, 0.1) is 12.7 Å². The first kappa shape index (κ1) is 31.6. The molecule has 5 saturated carbocycles. The average Bonchev–Trinajstić information content (AvgIpc) is 3.40. The second-order valence-corrected chi connectivity index (χ2v) is 17.4. The molecule has 9 nitrogen and oxygen atoms in total. The van der Waals surface area contributed by atoms with Crippen molar-refractivity contribution in [3.8, 4) is 0 Å². The highest BCUT2D eigenvalue weighted by molar-refractivity contribution is 7.81. The standard InChI is InChI=1S/C30H48O9S2/c1-19(2)15-21(31)16-20(3)22-9-11-28(6)24-8-7-23-26(4,18-38-40(32,33)34)25(39-41(35,36)37)10-12-29(23)17-30(24,29)14-13-27(22,28)5/h15,20,22-25H,7-14,16-18H2,1-6H3,(H,32,33,34)(H,35,36,37)/t20-,22-,23+,24+,25?,26+,27-,28+,29-,30+/m1/s1. The van der Waals surface area contributed by atoms with Crippen molar-refractivity contribution in [1.29, 1.82) is 0 Å². The fourth-order valence-electron chi connectivity index (χ4n) is 11.7. The van der Waals surface area contributed by atoms with Crippen LogP contribution in [0.1, 0.15) is 106 Å². The zero-order valence-corrected chi connectivity index (χ0v) is 26.9. The summed E-state index contributed by atoms with van der Waals surface area (Å²) < 4.78 is 75.7. The van der Waals surface area contributed by atoms with Crippen molar-refractivity contribution >= 4 is 26.6 Å². The Hall–Kier alpha value is -0.850. The van der Waals surface area contributed by atoms with E-state index in [1.165, 1.54) is 0 Å². The van der Waals surface area contributed by atoms with Gasteiger partial charge in [-0.3, -0.25) is 13.9 Å². The zero-order chi connectivity index (χ0) is 30.4. The van der Waals surface area contributed by atoms with E-state index >= 15 is 0 Å². The highest BCUT2D eigenvalue weighted by Crippen LogP contribution is 2.89. The Morgan fingerprint density at radius 2 is 1.51 bits per heavy atom. The number of hydrogen-bond acceptors (Lipinski definition) is 7. The second-order valence-electron chi connectivity index (χ2n) is 15.3. The maximum Gasteiger partial charge on any atom is 0.397 e. The lowest BCUT2D eigenvalue weighted by Crippen LogP contribution is -2.59. The molecular formula is C30H48O9S2. The van der Waals surface area contributed by atoms with Gasteiger partial charge in [-0.1, -0.05) is 33.3 Å². The van der Waals surface area contributed by atoms with Gasteiger partial charge in [-0.25, -0.2) is 8.37 Å². The molecule has 2 N–H and O–H groups in total. The van der Waals surface area contributed by atoms with Crippen LogP contribution in [0.3, 0.4) is 0 Å². The van der Waals surface area contributed by atoms with Crippen LogP contribution < -0.4 is 0 Å². The van der Waals surface area contributed by atoms with Crippen LogP contribution in [-0.2, 0) is 34.0 Å². The minimum Gasteiger partial charge on any atom is -0.295 e.